The molecular weight excluding hydrogens is 204 g/mol. The van der Waals surface area contributed by atoms with Gasteiger partial charge in [-0.2, -0.15) is 0 Å². The maximum Gasteiger partial charge on any atom is 0.289 e. The smallest absolute Gasteiger partial charge is 0.289 e. The van der Waals surface area contributed by atoms with Crippen LogP contribution in [0.15, 0.2) is 0 Å². The van der Waals surface area contributed by atoms with Gasteiger partial charge in [-0.3, -0.25) is 9.59 Å². The lowest BCUT2D eigenvalue weighted by molar-refractivity contribution is -0.144. The van der Waals surface area contributed by atoms with Crippen molar-refractivity contribution in [3.63, 3.8) is 0 Å². The van der Waals surface area contributed by atoms with Crippen LogP contribution in [0.3, 0.4) is 0 Å². The Morgan fingerprint density at radius 3 is 2.50 bits per heavy atom. The zero-order valence-corrected chi connectivity index (χ0v) is 10.5. The monoisotopic (exact) mass is 226 g/mol. The van der Waals surface area contributed by atoms with Gasteiger partial charge < -0.3 is 9.80 Å². The number of hydrogen-bond donors (Lipinski definition) is 0. The van der Waals surface area contributed by atoms with Gasteiger partial charge in [-0.25, -0.2) is 0 Å². The summed E-state index contributed by atoms with van der Waals surface area (Å²) in [6.45, 7) is 6.80. The first kappa shape index (κ1) is 13.2. The number of ketones is 1. The van der Waals surface area contributed by atoms with Gasteiger partial charge in [0.1, 0.15) is 0 Å². The lowest BCUT2D eigenvalue weighted by Gasteiger charge is -2.24. The fourth-order valence-corrected chi connectivity index (χ4v) is 2.08. The van der Waals surface area contributed by atoms with Crippen molar-refractivity contribution in [2.24, 2.45) is 5.92 Å². The van der Waals surface area contributed by atoms with E-state index in [0.717, 1.165) is 19.5 Å². The van der Waals surface area contributed by atoms with E-state index in [1.165, 1.54) is 13.3 Å². The number of carbonyl (C=O) groups is 2. The molecular formula is C12H22N2O2. The van der Waals surface area contributed by atoms with Gasteiger partial charge in [-0.05, 0) is 32.4 Å². The Hall–Kier alpha value is -0.900. The normalized spacial score (nSPS) is 24.4. The molecule has 4 nitrogen and oxygen atoms in total. The van der Waals surface area contributed by atoms with E-state index in [2.05, 4.69) is 18.9 Å². The first-order valence-electron chi connectivity index (χ1n) is 5.99. The zero-order valence-electron chi connectivity index (χ0n) is 10.5. The highest BCUT2D eigenvalue weighted by Crippen LogP contribution is 2.11. The first-order valence-corrected chi connectivity index (χ1v) is 5.99. The number of carbonyl (C=O) groups excluding carboxylic acids is 2. The number of Topliss-reactive ketones (excluding diaryl/α,β-unsaturated/α-hetero) is 1. The van der Waals surface area contributed by atoms with Gasteiger partial charge in [0.2, 0.25) is 5.78 Å². The van der Waals surface area contributed by atoms with E-state index in [1.807, 2.05) is 0 Å². The predicted molar refractivity (Wildman–Crippen MR) is 63.2 cm³/mol. The molecule has 1 unspecified atom stereocenters. The number of likely N-dealkylation sites (N-methyl/N-ethyl adjacent to an activating group) is 1. The largest absolute Gasteiger partial charge is 0.335 e. The van der Waals surface area contributed by atoms with E-state index in [9.17, 15) is 9.59 Å². The van der Waals surface area contributed by atoms with Crippen LogP contribution in [0.25, 0.3) is 0 Å². The van der Waals surface area contributed by atoms with Crippen molar-refractivity contribution in [1.82, 2.24) is 9.80 Å². The Labute approximate surface area is 97.6 Å². The highest BCUT2D eigenvalue weighted by Gasteiger charge is 2.21. The molecule has 1 aliphatic heterocycles. The molecule has 4 heteroatoms. The number of rotatable bonds is 1. The topological polar surface area (TPSA) is 40.6 Å². The summed E-state index contributed by atoms with van der Waals surface area (Å²) in [5.74, 6) is -0.203. The van der Waals surface area contributed by atoms with Crippen molar-refractivity contribution in [3.8, 4) is 0 Å². The third kappa shape index (κ3) is 3.93. The lowest BCUT2D eigenvalue weighted by Crippen LogP contribution is -2.41. The summed E-state index contributed by atoms with van der Waals surface area (Å²) in [4.78, 5) is 26.7. The van der Waals surface area contributed by atoms with Gasteiger partial charge in [-0.15, -0.1) is 0 Å². The first-order chi connectivity index (χ1) is 7.50. The summed E-state index contributed by atoms with van der Waals surface area (Å²) in [6.07, 6.45) is 2.28. The van der Waals surface area contributed by atoms with Crippen LogP contribution in [0.2, 0.25) is 0 Å². The summed E-state index contributed by atoms with van der Waals surface area (Å²) >= 11 is 0. The summed E-state index contributed by atoms with van der Waals surface area (Å²) in [6, 6.07) is 0. The second-order valence-electron chi connectivity index (χ2n) is 4.86. The Bertz CT molecular complexity index is 266. The molecule has 0 aliphatic carbocycles. The molecule has 1 aliphatic rings. The molecule has 1 amide bonds. The van der Waals surface area contributed by atoms with Gasteiger partial charge in [0.05, 0.1) is 0 Å². The summed E-state index contributed by atoms with van der Waals surface area (Å²) < 4.78 is 0. The van der Waals surface area contributed by atoms with Crippen LogP contribution in [-0.2, 0) is 9.59 Å². The van der Waals surface area contributed by atoms with Gasteiger partial charge in [0.15, 0.2) is 0 Å². The molecule has 1 fully saturated rings. The van der Waals surface area contributed by atoms with Crippen LogP contribution in [0.1, 0.15) is 26.7 Å². The van der Waals surface area contributed by atoms with Crippen molar-refractivity contribution in [3.05, 3.63) is 0 Å². The fourth-order valence-electron chi connectivity index (χ4n) is 2.08. The van der Waals surface area contributed by atoms with Gasteiger partial charge in [0, 0.05) is 26.6 Å². The predicted octanol–water partition coefficient (Wildman–Crippen LogP) is 0.766. The van der Waals surface area contributed by atoms with E-state index in [-0.39, 0.29) is 11.7 Å². The van der Waals surface area contributed by atoms with E-state index in [4.69, 9.17) is 0 Å². The molecule has 0 spiro atoms. The molecule has 1 heterocycles. The Morgan fingerprint density at radius 1 is 1.19 bits per heavy atom. The van der Waals surface area contributed by atoms with Crippen molar-refractivity contribution in [1.29, 1.82) is 0 Å². The standard InChI is InChI=1S/C12H22N2O2/c1-10-5-4-6-13(3)7-8-14(9-10)12(16)11(2)15/h10H,4-9H2,1-3H3. The van der Waals surface area contributed by atoms with Crippen LogP contribution in [0.4, 0.5) is 0 Å². The molecule has 1 saturated heterocycles. The zero-order chi connectivity index (χ0) is 12.1. The number of hydrogen-bond acceptors (Lipinski definition) is 3. The maximum atomic E-state index is 11.7. The third-order valence-electron chi connectivity index (χ3n) is 3.11. The molecule has 0 radical (unpaired) electrons. The molecule has 0 aromatic carbocycles. The Balaban J connectivity index is 2.65. The third-order valence-corrected chi connectivity index (χ3v) is 3.11. The highest BCUT2D eigenvalue weighted by atomic mass is 16.2. The van der Waals surface area contributed by atoms with Crippen molar-refractivity contribution < 1.29 is 9.59 Å². The second kappa shape index (κ2) is 5.99. The molecule has 92 valence electrons. The molecule has 0 N–H and O–H groups in total. The molecule has 0 aromatic heterocycles. The SMILES string of the molecule is CC(=O)C(=O)N1CCN(C)CCCC(C)C1. The quantitative estimate of drug-likeness (QED) is 0.620. The van der Waals surface area contributed by atoms with Crippen LogP contribution < -0.4 is 0 Å². The highest BCUT2D eigenvalue weighted by molar-refractivity contribution is 6.35. The van der Waals surface area contributed by atoms with Crippen LogP contribution >= 0.6 is 0 Å². The average molecular weight is 226 g/mol. The molecule has 0 bridgehead atoms. The number of amides is 1. The lowest BCUT2D eigenvalue weighted by atomic mass is 10.1. The molecule has 1 rings (SSSR count). The average Bonchev–Trinajstić information content (AvgIpc) is 2.29. The Morgan fingerprint density at radius 2 is 1.88 bits per heavy atom. The minimum absolute atomic E-state index is 0.331. The van der Waals surface area contributed by atoms with Crippen LogP contribution in [0, 0.1) is 5.92 Å². The van der Waals surface area contributed by atoms with Gasteiger partial charge in [0.25, 0.3) is 5.91 Å². The summed E-state index contributed by atoms with van der Waals surface area (Å²) in [5.41, 5.74) is 0. The van der Waals surface area contributed by atoms with Gasteiger partial charge in [-0.1, -0.05) is 6.92 Å². The van der Waals surface area contributed by atoms with Gasteiger partial charge >= 0.3 is 0 Å². The number of nitrogens with zero attached hydrogens (tertiary/aromatic N) is 2. The molecule has 1 atom stereocenters. The molecule has 0 aromatic rings. The fraction of sp³-hybridized carbons (Fsp3) is 0.833. The van der Waals surface area contributed by atoms with Crippen LogP contribution in [-0.4, -0.2) is 54.7 Å². The summed E-state index contributed by atoms with van der Waals surface area (Å²) in [5, 5.41) is 0. The molecule has 0 saturated carbocycles. The maximum absolute atomic E-state index is 11.7. The summed E-state index contributed by atoms with van der Waals surface area (Å²) in [7, 11) is 2.06. The minimum Gasteiger partial charge on any atom is -0.335 e. The minimum atomic E-state index is -0.353. The van der Waals surface area contributed by atoms with Crippen molar-refractivity contribution >= 4 is 11.7 Å². The van der Waals surface area contributed by atoms with E-state index in [0.29, 0.717) is 19.0 Å². The van der Waals surface area contributed by atoms with E-state index >= 15 is 0 Å². The second-order valence-corrected chi connectivity index (χ2v) is 4.86. The van der Waals surface area contributed by atoms with E-state index < -0.39 is 0 Å². The van der Waals surface area contributed by atoms with Crippen molar-refractivity contribution in [2.75, 3.05) is 33.2 Å². The van der Waals surface area contributed by atoms with Crippen molar-refractivity contribution in [2.45, 2.75) is 26.7 Å². The molecule has 16 heavy (non-hydrogen) atoms. The van der Waals surface area contributed by atoms with Crippen LogP contribution in [0.5, 0.6) is 0 Å². The van der Waals surface area contributed by atoms with E-state index in [1.54, 1.807) is 4.90 Å². The Kier molecular flexibility index (Phi) is 4.93.